The highest BCUT2D eigenvalue weighted by Gasteiger charge is 2.21. The molecule has 3 aromatic rings. The monoisotopic (exact) mass is 439 g/mol. The number of aliphatic hydroxyl groups excluding tert-OH is 1. The number of nitrogens with one attached hydrogen (secondary N) is 2. The lowest BCUT2D eigenvalue weighted by Gasteiger charge is -2.33. The van der Waals surface area contributed by atoms with Crippen LogP contribution in [0.5, 0.6) is 11.5 Å². The fourth-order valence-electron chi connectivity index (χ4n) is 3.36. The number of rotatable bonds is 6. The van der Waals surface area contributed by atoms with E-state index in [1.807, 2.05) is 23.1 Å². The zero-order valence-electron chi connectivity index (χ0n) is 16.4. The second kappa shape index (κ2) is 8.80. The summed E-state index contributed by atoms with van der Waals surface area (Å²) in [5.41, 5.74) is 1.36. The zero-order valence-corrected chi connectivity index (χ0v) is 18.2. The third kappa shape index (κ3) is 4.60. The smallest absolute Gasteiger partial charge is 0.269 e. The third-order valence-electron chi connectivity index (χ3n) is 4.84. The average molecular weight is 440 g/mol. The maximum absolute atomic E-state index is 11.8. The molecule has 1 aliphatic heterocycles. The minimum atomic E-state index is -0.263. The van der Waals surface area contributed by atoms with Crippen molar-refractivity contribution in [2.75, 3.05) is 25.5 Å². The van der Waals surface area contributed by atoms with Gasteiger partial charge in [0.1, 0.15) is 27.0 Å². The molecule has 2 aromatic heterocycles. The Morgan fingerprint density at radius 1 is 1.33 bits per heavy atom. The van der Waals surface area contributed by atoms with E-state index in [9.17, 15) is 9.90 Å². The minimum Gasteiger partial charge on any atom is -0.499 e. The van der Waals surface area contributed by atoms with Crippen LogP contribution in [0.2, 0.25) is 0 Å². The summed E-state index contributed by atoms with van der Waals surface area (Å²) in [5, 5.41) is 16.5. The molecule has 0 aliphatic carbocycles. The van der Waals surface area contributed by atoms with Crippen LogP contribution in [0.25, 0.3) is 10.2 Å². The molecule has 0 bridgehead atoms. The fourth-order valence-corrected chi connectivity index (χ4v) is 4.53. The molecule has 3 heterocycles. The lowest BCUT2D eigenvalue weighted by Crippen LogP contribution is -2.45. The number of carbonyl (C=O) groups is 1. The molecule has 1 fully saturated rings. The van der Waals surface area contributed by atoms with E-state index < -0.39 is 0 Å². The van der Waals surface area contributed by atoms with E-state index in [2.05, 4.69) is 30.5 Å². The molecule has 1 aromatic carbocycles. The number of ether oxygens (including phenoxy) is 1. The van der Waals surface area contributed by atoms with Gasteiger partial charge in [0.15, 0.2) is 10.6 Å². The van der Waals surface area contributed by atoms with Crippen molar-refractivity contribution in [1.82, 2.24) is 20.2 Å². The first-order valence-electron chi connectivity index (χ1n) is 9.57. The van der Waals surface area contributed by atoms with E-state index in [0.29, 0.717) is 17.2 Å². The van der Waals surface area contributed by atoms with E-state index in [1.165, 1.54) is 0 Å². The summed E-state index contributed by atoms with van der Waals surface area (Å²) >= 11 is 1.56. The SMILES string of the molecule is CNC(=O)c1cc(Oc2ccc3nc(N[C@H]4CCCN(C(O)=[Si])C4)sc3c2)ccn1. The first-order chi connectivity index (χ1) is 14.5. The number of fused-ring (bicyclic) bond motifs is 1. The van der Waals surface area contributed by atoms with Gasteiger partial charge in [-0.1, -0.05) is 11.3 Å². The highest BCUT2D eigenvalue weighted by molar-refractivity contribution is 7.22. The van der Waals surface area contributed by atoms with Crippen LogP contribution in [0.4, 0.5) is 5.13 Å². The molecule has 0 spiro atoms. The van der Waals surface area contributed by atoms with Gasteiger partial charge in [-0.2, -0.15) is 0 Å². The number of hydrogen-bond donors (Lipinski definition) is 3. The Balaban J connectivity index is 1.47. The average Bonchev–Trinajstić information content (AvgIpc) is 3.15. The van der Waals surface area contributed by atoms with Crippen molar-refractivity contribution >= 4 is 47.9 Å². The van der Waals surface area contributed by atoms with Gasteiger partial charge >= 0.3 is 0 Å². The third-order valence-corrected chi connectivity index (χ3v) is 6.10. The van der Waals surface area contributed by atoms with E-state index in [0.717, 1.165) is 41.3 Å². The van der Waals surface area contributed by atoms with Crippen LogP contribution in [0.1, 0.15) is 23.3 Å². The van der Waals surface area contributed by atoms with Gasteiger partial charge in [-0.05, 0) is 31.0 Å². The van der Waals surface area contributed by atoms with Gasteiger partial charge in [0, 0.05) is 44.5 Å². The molecule has 2 radical (unpaired) electrons. The Kier molecular flexibility index (Phi) is 5.95. The summed E-state index contributed by atoms with van der Waals surface area (Å²) in [4.78, 5) is 22.4. The van der Waals surface area contributed by atoms with Crippen LogP contribution in [-0.4, -0.2) is 67.4 Å². The number of carbonyl (C=O) groups excluding carboxylic acids is 1. The Morgan fingerprint density at radius 2 is 2.17 bits per heavy atom. The number of benzene rings is 1. The number of likely N-dealkylation sites (tertiary alicyclic amines) is 1. The van der Waals surface area contributed by atoms with Gasteiger partial charge in [0.05, 0.1) is 10.2 Å². The summed E-state index contributed by atoms with van der Waals surface area (Å²) < 4.78 is 6.92. The Labute approximate surface area is 181 Å². The van der Waals surface area contributed by atoms with Crippen molar-refractivity contribution < 1.29 is 14.6 Å². The molecule has 1 atom stereocenters. The van der Waals surface area contributed by atoms with Crippen molar-refractivity contribution in [3.05, 3.63) is 42.2 Å². The topological polar surface area (TPSA) is 99.6 Å². The van der Waals surface area contributed by atoms with Crippen molar-refractivity contribution in [3.63, 3.8) is 0 Å². The van der Waals surface area contributed by atoms with Crippen molar-refractivity contribution in [2.24, 2.45) is 0 Å². The van der Waals surface area contributed by atoms with Crippen molar-refractivity contribution in [3.8, 4) is 11.5 Å². The predicted molar refractivity (Wildman–Crippen MR) is 118 cm³/mol. The van der Waals surface area contributed by atoms with E-state index >= 15 is 0 Å². The molecule has 1 amide bonds. The number of anilines is 1. The Morgan fingerprint density at radius 3 is 2.97 bits per heavy atom. The normalized spacial score (nSPS) is 16.3. The quantitative estimate of drug-likeness (QED) is 0.507. The lowest BCUT2D eigenvalue weighted by molar-refractivity contribution is 0.0958. The number of aromatic nitrogens is 2. The van der Waals surface area contributed by atoms with Gasteiger partial charge in [-0.25, -0.2) is 4.98 Å². The van der Waals surface area contributed by atoms with E-state index in [-0.39, 0.29) is 17.4 Å². The van der Waals surface area contributed by atoms with Crippen LogP contribution in [0, 0.1) is 0 Å². The standard InChI is InChI=1S/C20H21N5O3SSi/c1-21-18(26)16-9-14(6-7-22-16)28-13-4-5-15-17(10-13)29-19(24-15)23-12-3-2-8-25(11-12)20(27)30/h4-7,9-10,12,27H,2-3,8,11H2,1H3,(H,21,26)(H,23,24)/t12-/m0/s1. The van der Waals surface area contributed by atoms with Crippen LogP contribution in [0.3, 0.4) is 0 Å². The highest BCUT2D eigenvalue weighted by atomic mass is 32.1. The first-order valence-corrected chi connectivity index (χ1v) is 10.9. The largest absolute Gasteiger partial charge is 0.499 e. The second-order valence-corrected chi connectivity index (χ2v) is 8.44. The molecular formula is C20H21N5O3SSi. The molecule has 0 saturated carbocycles. The van der Waals surface area contributed by atoms with E-state index in [4.69, 9.17) is 4.74 Å². The summed E-state index contributed by atoms with van der Waals surface area (Å²) in [7, 11) is 4.76. The maximum Gasteiger partial charge on any atom is 0.269 e. The molecular weight excluding hydrogens is 418 g/mol. The minimum absolute atomic E-state index is 0.170. The number of aliphatic hydroxyl groups is 1. The molecule has 10 heteroatoms. The van der Waals surface area contributed by atoms with Gasteiger partial charge in [0.25, 0.3) is 5.91 Å². The van der Waals surface area contributed by atoms with Crippen LogP contribution >= 0.6 is 11.3 Å². The number of pyridine rings is 1. The Bertz CT molecular complexity index is 1090. The molecule has 30 heavy (non-hydrogen) atoms. The molecule has 3 N–H and O–H groups in total. The molecule has 0 unspecified atom stereocenters. The summed E-state index contributed by atoms with van der Waals surface area (Å²) in [5.74, 6) is 0.939. The van der Waals surface area contributed by atoms with Gasteiger partial charge in [-0.15, -0.1) is 0 Å². The van der Waals surface area contributed by atoms with Crippen LogP contribution in [-0.2, 0) is 0 Å². The summed E-state index contributed by atoms with van der Waals surface area (Å²) in [6, 6.07) is 9.23. The van der Waals surface area contributed by atoms with Gasteiger partial charge in [0.2, 0.25) is 0 Å². The number of amides is 1. The number of thiazole rings is 1. The molecule has 4 rings (SSSR count). The maximum atomic E-state index is 11.8. The zero-order chi connectivity index (χ0) is 21.1. The van der Waals surface area contributed by atoms with Crippen LogP contribution in [0.15, 0.2) is 36.5 Å². The summed E-state index contributed by atoms with van der Waals surface area (Å²) in [6.45, 7) is 1.56. The number of nitrogens with zero attached hydrogens (tertiary/aromatic N) is 3. The molecule has 154 valence electrons. The first kappa shape index (κ1) is 20.3. The predicted octanol–water partition coefficient (Wildman–Crippen LogP) is 2.35. The van der Waals surface area contributed by atoms with Crippen molar-refractivity contribution in [2.45, 2.75) is 18.9 Å². The van der Waals surface area contributed by atoms with Gasteiger partial charge in [-0.3, -0.25) is 9.78 Å². The molecule has 1 aliphatic rings. The summed E-state index contributed by atoms with van der Waals surface area (Å²) in [6.07, 6.45) is 3.57. The lowest BCUT2D eigenvalue weighted by atomic mass is 10.1. The molecule has 1 saturated heterocycles. The highest BCUT2D eigenvalue weighted by Crippen LogP contribution is 2.32. The second-order valence-electron chi connectivity index (χ2n) is 6.96. The van der Waals surface area contributed by atoms with E-state index in [1.54, 1.807) is 36.7 Å². The number of hydrogen-bond acceptors (Lipinski definition) is 8. The fraction of sp³-hybridized carbons (Fsp3) is 0.300. The Hall–Kier alpha value is -2.98. The molecule has 8 nitrogen and oxygen atoms in total. The van der Waals surface area contributed by atoms with Gasteiger partial charge < -0.3 is 25.4 Å². The van der Waals surface area contributed by atoms with Crippen LogP contribution < -0.4 is 15.4 Å². The number of piperidine rings is 1. The van der Waals surface area contributed by atoms with Crippen molar-refractivity contribution in [1.29, 1.82) is 0 Å².